The molecular weight excluding hydrogens is 432 g/mol. The van der Waals surface area contributed by atoms with E-state index in [1.807, 2.05) is 24.4 Å². The summed E-state index contributed by atoms with van der Waals surface area (Å²) >= 11 is 3.57. The van der Waals surface area contributed by atoms with Crippen molar-refractivity contribution in [2.75, 3.05) is 11.9 Å². The van der Waals surface area contributed by atoms with Gasteiger partial charge in [0.1, 0.15) is 5.82 Å². The van der Waals surface area contributed by atoms with Crippen LogP contribution in [-0.2, 0) is 11.3 Å². The minimum atomic E-state index is 0.0302. The molecule has 1 amide bonds. The van der Waals surface area contributed by atoms with E-state index >= 15 is 0 Å². The quantitative estimate of drug-likeness (QED) is 0.631. The van der Waals surface area contributed by atoms with Gasteiger partial charge in [0.15, 0.2) is 5.65 Å². The summed E-state index contributed by atoms with van der Waals surface area (Å²) in [7, 11) is 0. The lowest BCUT2D eigenvalue weighted by Crippen LogP contribution is -2.39. The standard InChI is InChI=1S/C21H23BrN6O/c22-16-13-25-28-19(24-12-14-4-3-8-23-11-14)10-17(26-20(16)28)18-5-1-2-9-27(18)21(29)15-6-7-15/h3-4,8,10-11,13,15,18,24H,1-2,5-7,9,12H2. The van der Waals surface area contributed by atoms with Crippen molar-refractivity contribution in [1.29, 1.82) is 0 Å². The van der Waals surface area contributed by atoms with Crippen LogP contribution in [0.3, 0.4) is 0 Å². The molecule has 150 valence electrons. The number of fused-ring (bicyclic) bond motifs is 1. The lowest BCUT2D eigenvalue weighted by molar-refractivity contribution is -0.136. The van der Waals surface area contributed by atoms with Crippen molar-refractivity contribution in [3.63, 3.8) is 0 Å². The fraction of sp³-hybridized carbons (Fsp3) is 0.429. The number of nitrogens with zero attached hydrogens (tertiary/aromatic N) is 5. The number of likely N-dealkylation sites (tertiary alicyclic amines) is 1. The summed E-state index contributed by atoms with van der Waals surface area (Å²) in [5, 5.41) is 7.93. The van der Waals surface area contributed by atoms with Gasteiger partial charge in [0.2, 0.25) is 5.91 Å². The molecule has 1 saturated carbocycles. The molecule has 2 aliphatic rings. The maximum absolute atomic E-state index is 12.9. The number of pyridine rings is 1. The molecule has 1 aliphatic heterocycles. The molecule has 0 spiro atoms. The van der Waals surface area contributed by atoms with Gasteiger partial charge in [0.25, 0.3) is 0 Å². The molecule has 0 bridgehead atoms. The summed E-state index contributed by atoms with van der Waals surface area (Å²) in [5.41, 5.74) is 2.79. The van der Waals surface area contributed by atoms with E-state index in [9.17, 15) is 4.79 Å². The molecule has 1 unspecified atom stereocenters. The summed E-state index contributed by atoms with van der Waals surface area (Å²) in [6, 6.07) is 6.04. The first-order valence-electron chi connectivity index (χ1n) is 10.2. The van der Waals surface area contributed by atoms with E-state index in [0.717, 1.165) is 65.8 Å². The van der Waals surface area contributed by atoms with Gasteiger partial charge in [-0.3, -0.25) is 9.78 Å². The highest BCUT2D eigenvalue weighted by Gasteiger charge is 2.38. The lowest BCUT2D eigenvalue weighted by Gasteiger charge is -2.35. The monoisotopic (exact) mass is 454 g/mol. The first-order valence-corrected chi connectivity index (χ1v) is 11.0. The van der Waals surface area contributed by atoms with Gasteiger partial charge in [-0.05, 0) is 59.7 Å². The highest BCUT2D eigenvalue weighted by atomic mass is 79.9. The zero-order valence-corrected chi connectivity index (χ0v) is 17.7. The molecule has 29 heavy (non-hydrogen) atoms. The van der Waals surface area contributed by atoms with E-state index in [1.54, 1.807) is 16.9 Å². The minimum absolute atomic E-state index is 0.0302. The molecule has 2 fully saturated rings. The Hall–Kier alpha value is -2.48. The Morgan fingerprint density at radius 1 is 1.24 bits per heavy atom. The van der Waals surface area contributed by atoms with Crippen molar-refractivity contribution in [3.8, 4) is 0 Å². The minimum Gasteiger partial charge on any atom is -0.366 e. The Labute approximate surface area is 177 Å². The maximum atomic E-state index is 12.9. The largest absolute Gasteiger partial charge is 0.366 e. The van der Waals surface area contributed by atoms with E-state index in [0.29, 0.717) is 12.5 Å². The van der Waals surface area contributed by atoms with Crippen molar-refractivity contribution < 1.29 is 4.79 Å². The Kier molecular flexibility index (Phi) is 4.95. The van der Waals surface area contributed by atoms with Crippen molar-refractivity contribution >= 4 is 33.3 Å². The van der Waals surface area contributed by atoms with Crippen LogP contribution in [-0.4, -0.2) is 36.9 Å². The zero-order valence-electron chi connectivity index (χ0n) is 16.1. The number of nitrogens with one attached hydrogen (secondary N) is 1. The van der Waals surface area contributed by atoms with E-state index in [2.05, 4.69) is 36.2 Å². The number of aromatic nitrogens is 4. The number of rotatable bonds is 5. The van der Waals surface area contributed by atoms with Crippen molar-refractivity contribution in [3.05, 3.63) is 52.5 Å². The first-order chi connectivity index (χ1) is 14.2. The van der Waals surface area contributed by atoms with E-state index < -0.39 is 0 Å². The number of halogens is 1. The van der Waals surface area contributed by atoms with Gasteiger partial charge in [-0.2, -0.15) is 9.61 Å². The fourth-order valence-electron chi connectivity index (χ4n) is 4.01. The SMILES string of the molecule is O=C(C1CC1)N1CCCCC1c1cc(NCc2cccnc2)n2ncc(Br)c2n1. The van der Waals surface area contributed by atoms with Gasteiger partial charge < -0.3 is 10.2 Å². The summed E-state index contributed by atoms with van der Waals surface area (Å²) in [4.78, 5) is 24.0. The second-order valence-corrected chi connectivity index (χ2v) is 8.68. The Balaban J connectivity index is 1.49. The number of carbonyl (C=O) groups excluding carboxylic acids is 1. The molecule has 3 aromatic heterocycles. The molecule has 1 atom stereocenters. The molecule has 5 rings (SSSR count). The van der Waals surface area contributed by atoms with Crippen LogP contribution in [0.25, 0.3) is 5.65 Å². The van der Waals surface area contributed by atoms with E-state index in [1.165, 1.54) is 0 Å². The predicted molar refractivity (Wildman–Crippen MR) is 113 cm³/mol. The predicted octanol–water partition coefficient (Wildman–Crippen LogP) is 3.96. The molecule has 1 saturated heterocycles. The van der Waals surface area contributed by atoms with Crippen molar-refractivity contribution in [2.45, 2.75) is 44.7 Å². The van der Waals surface area contributed by atoms with E-state index in [4.69, 9.17) is 4.98 Å². The van der Waals surface area contributed by atoms with Crippen LogP contribution in [0.2, 0.25) is 0 Å². The van der Waals surface area contributed by atoms with Crippen LogP contribution in [0.15, 0.2) is 41.3 Å². The molecule has 4 heterocycles. The number of hydrogen-bond donors (Lipinski definition) is 1. The van der Waals surface area contributed by atoms with Gasteiger partial charge in [0, 0.05) is 37.5 Å². The molecular formula is C21H23BrN6O. The highest BCUT2D eigenvalue weighted by molar-refractivity contribution is 9.10. The average Bonchev–Trinajstić information content (AvgIpc) is 3.55. The Morgan fingerprint density at radius 2 is 2.14 bits per heavy atom. The van der Waals surface area contributed by atoms with Gasteiger partial charge in [0.05, 0.1) is 22.4 Å². The summed E-state index contributed by atoms with van der Waals surface area (Å²) < 4.78 is 2.65. The second-order valence-electron chi connectivity index (χ2n) is 7.83. The molecule has 0 aromatic carbocycles. The fourth-order valence-corrected chi connectivity index (χ4v) is 4.36. The van der Waals surface area contributed by atoms with Crippen molar-refractivity contribution in [2.24, 2.45) is 5.92 Å². The number of amides is 1. The molecule has 0 radical (unpaired) electrons. The van der Waals surface area contributed by atoms with Crippen molar-refractivity contribution in [1.82, 2.24) is 24.5 Å². The molecule has 3 aromatic rings. The van der Waals surface area contributed by atoms with Gasteiger partial charge in [-0.25, -0.2) is 4.98 Å². The van der Waals surface area contributed by atoms with E-state index in [-0.39, 0.29) is 12.0 Å². The summed E-state index contributed by atoms with van der Waals surface area (Å²) in [5.74, 6) is 1.39. The maximum Gasteiger partial charge on any atom is 0.226 e. The normalized spacial score (nSPS) is 19.5. The lowest BCUT2D eigenvalue weighted by atomic mass is 9.98. The van der Waals surface area contributed by atoms with Gasteiger partial charge >= 0.3 is 0 Å². The summed E-state index contributed by atoms with van der Waals surface area (Å²) in [6.45, 7) is 1.46. The van der Waals surface area contributed by atoms with Crippen LogP contribution < -0.4 is 5.32 Å². The number of anilines is 1. The third kappa shape index (κ3) is 3.73. The van der Waals surface area contributed by atoms with Crippen LogP contribution in [0.4, 0.5) is 5.82 Å². The highest BCUT2D eigenvalue weighted by Crippen LogP contribution is 2.38. The third-order valence-electron chi connectivity index (χ3n) is 5.70. The van der Waals surface area contributed by atoms with Crippen LogP contribution in [0.1, 0.15) is 49.4 Å². The molecule has 7 nitrogen and oxygen atoms in total. The molecule has 8 heteroatoms. The zero-order chi connectivity index (χ0) is 19.8. The topological polar surface area (TPSA) is 75.4 Å². The smallest absolute Gasteiger partial charge is 0.226 e. The first kappa shape index (κ1) is 18.5. The van der Waals surface area contributed by atoms with Gasteiger partial charge in [-0.15, -0.1) is 0 Å². The van der Waals surface area contributed by atoms with Gasteiger partial charge in [-0.1, -0.05) is 6.07 Å². The van der Waals surface area contributed by atoms with Crippen LogP contribution in [0.5, 0.6) is 0 Å². The molecule has 1 aliphatic carbocycles. The Bertz CT molecular complexity index is 1030. The van der Waals surface area contributed by atoms with Crippen LogP contribution in [0, 0.1) is 5.92 Å². The summed E-state index contributed by atoms with van der Waals surface area (Å²) in [6.07, 6.45) is 10.6. The molecule has 1 N–H and O–H groups in total. The van der Waals surface area contributed by atoms with Crippen LogP contribution >= 0.6 is 15.9 Å². The second kappa shape index (κ2) is 7.74. The number of carbonyl (C=O) groups is 1. The number of hydrogen-bond acceptors (Lipinski definition) is 5. The average molecular weight is 455 g/mol. The Morgan fingerprint density at radius 3 is 2.93 bits per heavy atom. The number of piperidine rings is 1. The third-order valence-corrected chi connectivity index (χ3v) is 6.26.